The third-order valence-corrected chi connectivity index (χ3v) is 3.32. The second kappa shape index (κ2) is 5.40. The number of hydrogen-bond acceptors (Lipinski definition) is 5. The molecule has 17 heavy (non-hydrogen) atoms. The van der Waals surface area contributed by atoms with Crippen LogP contribution in [0.4, 0.5) is 5.95 Å². The van der Waals surface area contributed by atoms with Crippen molar-refractivity contribution < 1.29 is 0 Å². The highest BCUT2D eigenvalue weighted by Gasteiger charge is 2.19. The molecule has 2 N–H and O–H groups in total. The standard InChI is InChI=1S/C12H21N5/c1-3-10-11(4-2)15-16-12(14-10)17-7-5-9(13)6-8-17/h9H,3-8,13H2,1-2H3. The summed E-state index contributed by atoms with van der Waals surface area (Å²) in [6, 6.07) is 0.333. The first-order valence-electron chi connectivity index (χ1n) is 6.47. The van der Waals surface area contributed by atoms with Gasteiger partial charge in [-0.05, 0) is 25.7 Å². The maximum absolute atomic E-state index is 5.89. The first kappa shape index (κ1) is 12.2. The number of piperidine rings is 1. The van der Waals surface area contributed by atoms with Gasteiger partial charge in [0.2, 0.25) is 5.95 Å². The molecule has 5 heteroatoms. The number of aromatic nitrogens is 3. The van der Waals surface area contributed by atoms with E-state index >= 15 is 0 Å². The first-order valence-corrected chi connectivity index (χ1v) is 6.47. The highest BCUT2D eigenvalue weighted by molar-refractivity contribution is 5.31. The predicted molar refractivity (Wildman–Crippen MR) is 68.0 cm³/mol. The van der Waals surface area contributed by atoms with Gasteiger partial charge in [0, 0.05) is 19.1 Å². The van der Waals surface area contributed by atoms with Gasteiger partial charge in [-0.15, -0.1) is 5.10 Å². The summed E-state index contributed by atoms with van der Waals surface area (Å²) in [6.07, 6.45) is 3.84. The summed E-state index contributed by atoms with van der Waals surface area (Å²) in [5, 5.41) is 8.51. The van der Waals surface area contributed by atoms with Crippen molar-refractivity contribution in [1.29, 1.82) is 0 Å². The Labute approximate surface area is 102 Å². The summed E-state index contributed by atoms with van der Waals surface area (Å²) < 4.78 is 0. The van der Waals surface area contributed by atoms with E-state index < -0.39 is 0 Å². The van der Waals surface area contributed by atoms with Gasteiger partial charge in [-0.25, -0.2) is 4.98 Å². The quantitative estimate of drug-likeness (QED) is 0.844. The van der Waals surface area contributed by atoms with Crippen molar-refractivity contribution in [2.24, 2.45) is 5.73 Å². The molecule has 0 bridgehead atoms. The second-order valence-electron chi connectivity index (χ2n) is 4.54. The Morgan fingerprint density at radius 2 is 1.76 bits per heavy atom. The molecule has 1 saturated heterocycles. The Bertz CT molecular complexity index is 371. The minimum absolute atomic E-state index is 0.333. The van der Waals surface area contributed by atoms with Crippen LogP contribution in [0.15, 0.2) is 0 Å². The van der Waals surface area contributed by atoms with E-state index in [9.17, 15) is 0 Å². The van der Waals surface area contributed by atoms with Crippen LogP contribution in [0.25, 0.3) is 0 Å². The zero-order valence-corrected chi connectivity index (χ0v) is 10.7. The Kier molecular flexibility index (Phi) is 3.89. The average molecular weight is 235 g/mol. The highest BCUT2D eigenvalue weighted by Crippen LogP contribution is 2.16. The Morgan fingerprint density at radius 3 is 2.35 bits per heavy atom. The number of rotatable bonds is 3. The fourth-order valence-corrected chi connectivity index (χ4v) is 2.16. The lowest BCUT2D eigenvalue weighted by Gasteiger charge is -2.30. The zero-order valence-electron chi connectivity index (χ0n) is 10.7. The largest absolute Gasteiger partial charge is 0.339 e. The summed E-state index contributed by atoms with van der Waals surface area (Å²) >= 11 is 0. The van der Waals surface area contributed by atoms with Gasteiger partial charge in [-0.1, -0.05) is 13.8 Å². The van der Waals surface area contributed by atoms with Crippen LogP contribution in [0.5, 0.6) is 0 Å². The van der Waals surface area contributed by atoms with E-state index in [1.165, 1.54) is 0 Å². The third kappa shape index (κ3) is 2.72. The first-order chi connectivity index (χ1) is 8.24. The van der Waals surface area contributed by atoms with Crippen molar-refractivity contribution in [2.45, 2.75) is 45.6 Å². The molecule has 0 amide bonds. The molecule has 0 aliphatic carbocycles. The average Bonchev–Trinajstić information content (AvgIpc) is 2.39. The lowest BCUT2D eigenvalue weighted by Crippen LogP contribution is -2.40. The number of anilines is 1. The SMILES string of the molecule is CCc1nnc(N2CCC(N)CC2)nc1CC. The van der Waals surface area contributed by atoms with Crippen LogP contribution in [0.3, 0.4) is 0 Å². The van der Waals surface area contributed by atoms with Crippen LogP contribution in [0.2, 0.25) is 0 Å². The highest BCUT2D eigenvalue weighted by atomic mass is 15.3. The molecule has 0 unspecified atom stereocenters. The van der Waals surface area contributed by atoms with Crippen molar-refractivity contribution in [3.63, 3.8) is 0 Å². The van der Waals surface area contributed by atoms with Gasteiger partial charge in [-0.2, -0.15) is 5.10 Å². The molecule has 2 heterocycles. The molecule has 0 aromatic carbocycles. The van der Waals surface area contributed by atoms with E-state index in [1.807, 2.05) is 0 Å². The van der Waals surface area contributed by atoms with E-state index in [0.29, 0.717) is 6.04 Å². The summed E-state index contributed by atoms with van der Waals surface area (Å²) in [5.74, 6) is 0.769. The molecule has 0 atom stereocenters. The second-order valence-corrected chi connectivity index (χ2v) is 4.54. The molecular formula is C12H21N5. The zero-order chi connectivity index (χ0) is 12.3. The summed E-state index contributed by atoms with van der Waals surface area (Å²) in [5.41, 5.74) is 7.99. The van der Waals surface area contributed by atoms with Gasteiger partial charge in [0.25, 0.3) is 0 Å². The van der Waals surface area contributed by atoms with E-state index in [-0.39, 0.29) is 0 Å². The Morgan fingerprint density at radius 1 is 1.12 bits per heavy atom. The number of nitrogens with zero attached hydrogens (tertiary/aromatic N) is 4. The molecule has 1 aliphatic heterocycles. The topological polar surface area (TPSA) is 67.9 Å². The van der Waals surface area contributed by atoms with Crippen LogP contribution >= 0.6 is 0 Å². The number of nitrogens with two attached hydrogens (primary N) is 1. The van der Waals surface area contributed by atoms with Gasteiger partial charge >= 0.3 is 0 Å². The summed E-state index contributed by atoms with van der Waals surface area (Å²) in [7, 11) is 0. The van der Waals surface area contributed by atoms with E-state index in [4.69, 9.17) is 5.73 Å². The van der Waals surface area contributed by atoms with Gasteiger partial charge in [0.1, 0.15) is 0 Å². The minimum atomic E-state index is 0.333. The molecule has 1 aromatic heterocycles. The molecule has 0 spiro atoms. The molecule has 0 saturated carbocycles. The maximum Gasteiger partial charge on any atom is 0.245 e. The molecule has 5 nitrogen and oxygen atoms in total. The van der Waals surface area contributed by atoms with E-state index in [0.717, 1.165) is 56.1 Å². The van der Waals surface area contributed by atoms with Crippen molar-refractivity contribution in [1.82, 2.24) is 15.2 Å². The van der Waals surface area contributed by atoms with Crippen molar-refractivity contribution in [3.8, 4) is 0 Å². The fourth-order valence-electron chi connectivity index (χ4n) is 2.16. The molecule has 1 aromatic rings. The third-order valence-electron chi connectivity index (χ3n) is 3.32. The van der Waals surface area contributed by atoms with Crippen LogP contribution in [-0.2, 0) is 12.8 Å². The van der Waals surface area contributed by atoms with Crippen LogP contribution in [0.1, 0.15) is 38.1 Å². The fraction of sp³-hybridized carbons (Fsp3) is 0.750. The van der Waals surface area contributed by atoms with Gasteiger partial charge < -0.3 is 10.6 Å². The van der Waals surface area contributed by atoms with Crippen molar-refractivity contribution in [2.75, 3.05) is 18.0 Å². The minimum Gasteiger partial charge on any atom is -0.339 e. The van der Waals surface area contributed by atoms with Crippen LogP contribution in [0, 0.1) is 0 Å². The molecule has 0 radical (unpaired) electrons. The maximum atomic E-state index is 5.89. The predicted octanol–water partition coefficient (Wildman–Crippen LogP) is 0.924. The van der Waals surface area contributed by atoms with Crippen LogP contribution in [-0.4, -0.2) is 34.3 Å². The van der Waals surface area contributed by atoms with E-state index in [1.54, 1.807) is 0 Å². The van der Waals surface area contributed by atoms with Crippen molar-refractivity contribution in [3.05, 3.63) is 11.4 Å². The monoisotopic (exact) mass is 235 g/mol. The number of aryl methyl sites for hydroxylation is 2. The molecule has 2 rings (SSSR count). The van der Waals surface area contributed by atoms with Crippen molar-refractivity contribution >= 4 is 5.95 Å². The van der Waals surface area contributed by atoms with Gasteiger partial charge in [0.05, 0.1) is 11.4 Å². The lowest BCUT2D eigenvalue weighted by molar-refractivity contribution is 0.493. The molecular weight excluding hydrogens is 214 g/mol. The summed E-state index contributed by atoms with van der Waals surface area (Å²) in [6.45, 7) is 6.08. The molecule has 1 aliphatic rings. The molecule has 94 valence electrons. The van der Waals surface area contributed by atoms with Gasteiger partial charge in [0.15, 0.2) is 0 Å². The van der Waals surface area contributed by atoms with E-state index in [2.05, 4.69) is 33.9 Å². The Balaban J connectivity index is 2.16. The van der Waals surface area contributed by atoms with Crippen LogP contribution < -0.4 is 10.6 Å². The normalized spacial score (nSPS) is 17.5. The lowest BCUT2D eigenvalue weighted by atomic mass is 10.1. The smallest absolute Gasteiger partial charge is 0.245 e. The van der Waals surface area contributed by atoms with Gasteiger partial charge in [-0.3, -0.25) is 0 Å². The Hall–Kier alpha value is -1.23. The summed E-state index contributed by atoms with van der Waals surface area (Å²) in [4.78, 5) is 6.81. The number of hydrogen-bond donors (Lipinski definition) is 1. The molecule has 1 fully saturated rings.